The summed E-state index contributed by atoms with van der Waals surface area (Å²) in [6, 6.07) is 12.4. The van der Waals surface area contributed by atoms with E-state index in [-0.39, 0.29) is 6.04 Å². The molecule has 2 aromatic heterocycles. The van der Waals surface area contributed by atoms with Gasteiger partial charge in [0.05, 0.1) is 24.3 Å². The van der Waals surface area contributed by atoms with Crippen LogP contribution in [-0.4, -0.2) is 26.9 Å². The first-order valence-electron chi connectivity index (χ1n) is 7.74. The number of fused-ring (bicyclic) bond motifs is 1. The Hall–Kier alpha value is -3.86. The van der Waals surface area contributed by atoms with Crippen LogP contribution in [0.2, 0.25) is 0 Å². The van der Waals surface area contributed by atoms with Crippen LogP contribution in [0, 0.1) is 11.3 Å². The van der Waals surface area contributed by atoms with Gasteiger partial charge in [0.25, 0.3) is 0 Å². The molecule has 0 saturated heterocycles. The second kappa shape index (κ2) is 6.22. The van der Waals surface area contributed by atoms with Crippen LogP contribution in [0.5, 0.6) is 5.75 Å². The molecule has 0 bridgehead atoms. The van der Waals surface area contributed by atoms with E-state index in [0.29, 0.717) is 22.4 Å². The molecule has 26 heavy (non-hydrogen) atoms. The Morgan fingerprint density at radius 3 is 2.77 bits per heavy atom. The van der Waals surface area contributed by atoms with Crippen molar-refractivity contribution < 1.29 is 9.15 Å². The number of oxazole rings is 1. The van der Waals surface area contributed by atoms with Crippen LogP contribution in [0.15, 0.2) is 58.3 Å². The number of aromatic nitrogens is 4. The van der Waals surface area contributed by atoms with Crippen molar-refractivity contribution in [1.82, 2.24) is 19.7 Å². The topological polar surface area (TPSA) is 110 Å². The fourth-order valence-electron chi connectivity index (χ4n) is 2.95. The Labute approximate surface area is 147 Å². The van der Waals surface area contributed by atoms with E-state index >= 15 is 0 Å². The fraction of sp³-hybridized carbons (Fsp3) is 0.111. The van der Waals surface area contributed by atoms with Gasteiger partial charge in [0.15, 0.2) is 5.58 Å². The SMILES string of the molecule is COc1cc2oc(=O)[nH]c2cc1C(c1ccc(C#N)cc1)n1cncn1. The molecule has 128 valence electrons. The summed E-state index contributed by atoms with van der Waals surface area (Å²) in [6.45, 7) is 0. The molecule has 4 aromatic rings. The van der Waals surface area contributed by atoms with Crippen molar-refractivity contribution in [3.8, 4) is 11.8 Å². The molecule has 2 heterocycles. The lowest BCUT2D eigenvalue weighted by atomic mass is 9.96. The molecule has 0 aliphatic carbocycles. The van der Waals surface area contributed by atoms with Crippen LogP contribution in [0.1, 0.15) is 22.7 Å². The number of aromatic amines is 1. The number of nitrogens with zero attached hydrogens (tertiary/aromatic N) is 4. The quantitative estimate of drug-likeness (QED) is 0.606. The average molecular weight is 347 g/mol. The number of benzene rings is 2. The third-order valence-corrected chi connectivity index (χ3v) is 4.12. The first-order valence-corrected chi connectivity index (χ1v) is 7.74. The summed E-state index contributed by atoms with van der Waals surface area (Å²) in [5.41, 5.74) is 3.19. The molecule has 0 amide bonds. The highest BCUT2D eigenvalue weighted by molar-refractivity contribution is 5.76. The van der Waals surface area contributed by atoms with Gasteiger partial charge in [-0.05, 0) is 23.8 Å². The second-order valence-electron chi connectivity index (χ2n) is 5.62. The third-order valence-electron chi connectivity index (χ3n) is 4.12. The number of rotatable bonds is 4. The summed E-state index contributed by atoms with van der Waals surface area (Å²) in [5.74, 6) is 0.0139. The van der Waals surface area contributed by atoms with Gasteiger partial charge in [-0.3, -0.25) is 4.98 Å². The van der Waals surface area contributed by atoms with E-state index in [0.717, 1.165) is 11.1 Å². The number of hydrogen-bond donors (Lipinski definition) is 1. The van der Waals surface area contributed by atoms with Crippen molar-refractivity contribution in [2.75, 3.05) is 7.11 Å². The number of hydrogen-bond acceptors (Lipinski definition) is 6. The predicted molar refractivity (Wildman–Crippen MR) is 91.8 cm³/mol. The number of H-pyrrole nitrogens is 1. The van der Waals surface area contributed by atoms with Gasteiger partial charge < -0.3 is 9.15 Å². The summed E-state index contributed by atoms with van der Waals surface area (Å²) in [5, 5.41) is 13.3. The van der Waals surface area contributed by atoms with Gasteiger partial charge in [0.2, 0.25) is 0 Å². The minimum atomic E-state index is -0.533. The van der Waals surface area contributed by atoms with Crippen molar-refractivity contribution in [1.29, 1.82) is 5.26 Å². The Balaban J connectivity index is 1.95. The lowest BCUT2D eigenvalue weighted by Gasteiger charge is -2.20. The first kappa shape index (κ1) is 15.7. The average Bonchev–Trinajstić information content (AvgIpc) is 3.30. The van der Waals surface area contributed by atoms with Crippen LogP contribution in [0.3, 0.4) is 0 Å². The van der Waals surface area contributed by atoms with Crippen LogP contribution < -0.4 is 10.5 Å². The smallest absolute Gasteiger partial charge is 0.417 e. The first-order chi connectivity index (χ1) is 12.7. The van der Waals surface area contributed by atoms with Gasteiger partial charge >= 0.3 is 5.76 Å². The lowest BCUT2D eigenvalue weighted by Crippen LogP contribution is -2.14. The van der Waals surface area contributed by atoms with E-state index < -0.39 is 5.76 Å². The van der Waals surface area contributed by atoms with Gasteiger partial charge in [-0.25, -0.2) is 14.5 Å². The molecule has 2 aromatic carbocycles. The monoisotopic (exact) mass is 347 g/mol. The summed E-state index contributed by atoms with van der Waals surface area (Å²) in [7, 11) is 1.55. The van der Waals surface area contributed by atoms with Crippen LogP contribution in [0.25, 0.3) is 11.1 Å². The summed E-state index contributed by atoms with van der Waals surface area (Å²) < 4.78 is 12.3. The van der Waals surface area contributed by atoms with Gasteiger partial charge in [-0.2, -0.15) is 10.4 Å². The zero-order chi connectivity index (χ0) is 18.1. The Bertz CT molecular complexity index is 1150. The zero-order valence-corrected chi connectivity index (χ0v) is 13.7. The molecule has 0 aliphatic heterocycles. The van der Waals surface area contributed by atoms with Crippen molar-refractivity contribution in [2.24, 2.45) is 0 Å². The van der Waals surface area contributed by atoms with Crippen molar-refractivity contribution >= 4 is 11.1 Å². The van der Waals surface area contributed by atoms with Gasteiger partial charge in [-0.15, -0.1) is 0 Å². The highest BCUT2D eigenvalue weighted by Gasteiger charge is 2.23. The van der Waals surface area contributed by atoms with E-state index in [1.54, 1.807) is 42.4 Å². The van der Waals surface area contributed by atoms with Gasteiger partial charge in [-0.1, -0.05) is 12.1 Å². The summed E-state index contributed by atoms with van der Waals surface area (Å²) in [4.78, 5) is 18.2. The molecule has 0 saturated carbocycles. The van der Waals surface area contributed by atoms with Gasteiger partial charge in [0.1, 0.15) is 24.4 Å². The predicted octanol–water partition coefficient (Wildman–Crippen LogP) is 2.23. The fourth-order valence-corrected chi connectivity index (χ4v) is 2.95. The largest absolute Gasteiger partial charge is 0.496 e. The number of nitriles is 1. The molecule has 1 atom stereocenters. The van der Waals surface area contributed by atoms with E-state index in [4.69, 9.17) is 14.4 Å². The third kappa shape index (κ3) is 2.61. The highest BCUT2D eigenvalue weighted by Crippen LogP contribution is 2.35. The van der Waals surface area contributed by atoms with Gasteiger partial charge in [0, 0.05) is 11.6 Å². The van der Waals surface area contributed by atoms with Crippen molar-refractivity contribution in [3.05, 3.63) is 76.3 Å². The molecule has 0 spiro atoms. The number of ether oxygens (including phenoxy) is 1. The van der Waals surface area contributed by atoms with E-state index in [9.17, 15) is 4.79 Å². The minimum Gasteiger partial charge on any atom is -0.496 e. The maximum absolute atomic E-state index is 11.5. The molecule has 1 unspecified atom stereocenters. The molecule has 0 aliphatic rings. The molecule has 1 N–H and O–H groups in total. The highest BCUT2D eigenvalue weighted by atomic mass is 16.5. The van der Waals surface area contributed by atoms with Crippen LogP contribution in [-0.2, 0) is 0 Å². The van der Waals surface area contributed by atoms with E-state index in [1.165, 1.54) is 6.33 Å². The lowest BCUT2D eigenvalue weighted by molar-refractivity contribution is 0.402. The summed E-state index contributed by atoms with van der Waals surface area (Å²) >= 11 is 0. The number of nitrogens with one attached hydrogen (secondary N) is 1. The standard InChI is InChI=1S/C18H13N5O3/c1-25-15-7-16-14(22-18(24)26-16)6-13(15)17(23-10-20-9-21-23)12-4-2-11(8-19)3-5-12/h2-7,9-10,17H,1H3,(H,22,24). The summed E-state index contributed by atoms with van der Waals surface area (Å²) in [6.07, 6.45) is 3.05. The normalized spacial score (nSPS) is 12.0. The maximum atomic E-state index is 11.5. The molecule has 4 rings (SSSR count). The Kier molecular flexibility index (Phi) is 3.74. The molecule has 0 radical (unpaired) electrons. The molecular formula is C18H13N5O3. The zero-order valence-electron chi connectivity index (χ0n) is 13.7. The van der Waals surface area contributed by atoms with Crippen LogP contribution in [0.4, 0.5) is 0 Å². The molecule has 8 heteroatoms. The van der Waals surface area contributed by atoms with E-state index in [2.05, 4.69) is 21.1 Å². The van der Waals surface area contributed by atoms with Crippen molar-refractivity contribution in [2.45, 2.75) is 6.04 Å². The van der Waals surface area contributed by atoms with Crippen molar-refractivity contribution in [3.63, 3.8) is 0 Å². The van der Waals surface area contributed by atoms with E-state index in [1.807, 2.05) is 12.1 Å². The van der Waals surface area contributed by atoms with Crippen LogP contribution >= 0.6 is 0 Å². The molecular weight excluding hydrogens is 334 g/mol. The number of methoxy groups -OCH3 is 1. The maximum Gasteiger partial charge on any atom is 0.417 e. The minimum absolute atomic E-state index is 0.358. The second-order valence-corrected chi connectivity index (χ2v) is 5.62. The molecule has 0 fully saturated rings. The molecule has 8 nitrogen and oxygen atoms in total. The Morgan fingerprint density at radius 2 is 2.12 bits per heavy atom. The Morgan fingerprint density at radius 1 is 1.31 bits per heavy atom.